The zero-order valence-electron chi connectivity index (χ0n) is 10.3. The molecule has 0 aliphatic heterocycles. The molecule has 0 aromatic heterocycles. The number of hydrogen-bond acceptors (Lipinski definition) is 3. The summed E-state index contributed by atoms with van der Waals surface area (Å²) in [5.41, 5.74) is 1.49. The standard InChI is InChI=1S/C13H18ClN3/c1-17(2)8-4-3-7-16-13-6-5-11(10-15)9-12(13)14/h5-6,9,16H,3-4,7-8H2,1-2H3. The van der Waals surface area contributed by atoms with Gasteiger partial charge in [-0.3, -0.25) is 0 Å². The first kappa shape index (κ1) is 13.8. The number of unbranched alkanes of at least 4 members (excludes halogenated alkanes) is 1. The normalized spacial score (nSPS) is 10.3. The molecule has 0 radical (unpaired) electrons. The van der Waals surface area contributed by atoms with E-state index in [0.717, 1.165) is 31.6 Å². The molecule has 0 heterocycles. The largest absolute Gasteiger partial charge is 0.384 e. The van der Waals surface area contributed by atoms with Gasteiger partial charge in [-0.05, 0) is 51.7 Å². The molecule has 0 bridgehead atoms. The molecule has 0 saturated heterocycles. The Morgan fingerprint density at radius 2 is 2.12 bits per heavy atom. The van der Waals surface area contributed by atoms with Crippen LogP contribution in [-0.4, -0.2) is 32.1 Å². The van der Waals surface area contributed by atoms with Gasteiger partial charge in [0.15, 0.2) is 0 Å². The highest BCUT2D eigenvalue weighted by molar-refractivity contribution is 6.33. The van der Waals surface area contributed by atoms with Gasteiger partial charge in [-0.25, -0.2) is 0 Å². The zero-order chi connectivity index (χ0) is 12.7. The number of rotatable bonds is 6. The van der Waals surface area contributed by atoms with Gasteiger partial charge in [0, 0.05) is 6.54 Å². The maximum atomic E-state index is 8.72. The average Bonchev–Trinajstić information content (AvgIpc) is 2.30. The second kappa shape index (κ2) is 7.16. The van der Waals surface area contributed by atoms with Crippen molar-refractivity contribution in [3.63, 3.8) is 0 Å². The van der Waals surface area contributed by atoms with E-state index in [0.29, 0.717) is 10.6 Å². The van der Waals surface area contributed by atoms with E-state index in [9.17, 15) is 0 Å². The molecule has 0 aliphatic carbocycles. The van der Waals surface area contributed by atoms with Crippen LogP contribution in [0.1, 0.15) is 18.4 Å². The summed E-state index contributed by atoms with van der Waals surface area (Å²) in [6.07, 6.45) is 2.27. The highest BCUT2D eigenvalue weighted by Crippen LogP contribution is 2.22. The Kier molecular flexibility index (Phi) is 5.82. The van der Waals surface area contributed by atoms with E-state index in [2.05, 4.69) is 30.4 Å². The van der Waals surface area contributed by atoms with Crippen molar-refractivity contribution in [2.45, 2.75) is 12.8 Å². The summed E-state index contributed by atoms with van der Waals surface area (Å²) in [5, 5.41) is 12.6. The van der Waals surface area contributed by atoms with Crippen LogP contribution >= 0.6 is 11.6 Å². The van der Waals surface area contributed by atoms with Crippen molar-refractivity contribution >= 4 is 17.3 Å². The molecule has 4 heteroatoms. The number of halogens is 1. The third-order valence-corrected chi connectivity index (χ3v) is 2.76. The van der Waals surface area contributed by atoms with E-state index >= 15 is 0 Å². The molecular formula is C13H18ClN3. The van der Waals surface area contributed by atoms with Crippen LogP contribution in [0, 0.1) is 11.3 Å². The predicted octanol–water partition coefficient (Wildman–Crippen LogP) is 2.97. The second-order valence-electron chi connectivity index (χ2n) is 4.24. The number of anilines is 1. The third-order valence-electron chi connectivity index (χ3n) is 2.45. The molecular weight excluding hydrogens is 234 g/mol. The van der Waals surface area contributed by atoms with Gasteiger partial charge in [0.25, 0.3) is 0 Å². The van der Waals surface area contributed by atoms with Crippen molar-refractivity contribution in [3.05, 3.63) is 28.8 Å². The molecule has 3 nitrogen and oxygen atoms in total. The van der Waals surface area contributed by atoms with Crippen molar-refractivity contribution < 1.29 is 0 Å². The van der Waals surface area contributed by atoms with Gasteiger partial charge in [-0.1, -0.05) is 11.6 Å². The molecule has 0 aliphatic rings. The fourth-order valence-corrected chi connectivity index (χ4v) is 1.75. The van der Waals surface area contributed by atoms with Crippen LogP contribution in [0.5, 0.6) is 0 Å². The number of nitriles is 1. The van der Waals surface area contributed by atoms with E-state index < -0.39 is 0 Å². The fourth-order valence-electron chi connectivity index (χ4n) is 1.50. The summed E-state index contributed by atoms with van der Waals surface area (Å²) < 4.78 is 0. The van der Waals surface area contributed by atoms with Gasteiger partial charge < -0.3 is 10.2 Å². The minimum absolute atomic E-state index is 0.591. The molecule has 1 aromatic carbocycles. The Bertz CT molecular complexity index is 396. The number of benzene rings is 1. The summed E-state index contributed by atoms with van der Waals surface area (Å²) in [4.78, 5) is 2.18. The van der Waals surface area contributed by atoms with E-state index in [1.165, 1.54) is 0 Å². The van der Waals surface area contributed by atoms with Gasteiger partial charge in [-0.2, -0.15) is 5.26 Å². The van der Waals surface area contributed by atoms with Crippen LogP contribution in [-0.2, 0) is 0 Å². The topological polar surface area (TPSA) is 39.1 Å². The third kappa shape index (κ3) is 5.08. The highest BCUT2D eigenvalue weighted by Gasteiger charge is 2.00. The van der Waals surface area contributed by atoms with Gasteiger partial charge in [0.05, 0.1) is 22.3 Å². The number of hydrogen-bond donors (Lipinski definition) is 1. The Morgan fingerprint density at radius 3 is 2.71 bits per heavy atom. The van der Waals surface area contributed by atoms with Crippen LogP contribution in [0.4, 0.5) is 5.69 Å². The second-order valence-corrected chi connectivity index (χ2v) is 4.65. The lowest BCUT2D eigenvalue weighted by molar-refractivity contribution is 0.396. The van der Waals surface area contributed by atoms with Gasteiger partial charge >= 0.3 is 0 Å². The Hall–Kier alpha value is -1.24. The van der Waals surface area contributed by atoms with Crippen LogP contribution in [0.15, 0.2) is 18.2 Å². The summed E-state index contributed by atoms with van der Waals surface area (Å²) >= 11 is 6.05. The van der Waals surface area contributed by atoms with Crippen LogP contribution in [0.25, 0.3) is 0 Å². The van der Waals surface area contributed by atoms with Gasteiger partial charge in [0.2, 0.25) is 0 Å². The van der Waals surface area contributed by atoms with E-state index in [1.54, 1.807) is 12.1 Å². The van der Waals surface area contributed by atoms with Crippen molar-refractivity contribution in [1.29, 1.82) is 5.26 Å². The summed E-state index contributed by atoms with van der Waals surface area (Å²) in [6.45, 7) is 2.00. The SMILES string of the molecule is CN(C)CCCCNc1ccc(C#N)cc1Cl. The molecule has 1 rings (SSSR count). The van der Waals surface area contributed by atoms with Crippen LogP contribution in [0.3, 0.4) is 0 Å². The van der Waals surface area contributed by atoms with E-state index in [1.807, 2.05) is 6.07 Å². The minimum Gasteiger partial charge on any atom is -0.384 e. The van der Waals surface area contributed by atoms with E-state index in [4.69, 9.17) is 16.9 Å². The lowest BCUT2D eigenvalue weighted by atomic mass is 10.2. The van der Waals surface area contributed by atoms with Crippen molar-refractivity contribution in [2.75, 3.05) is 32.5 Å². The maximum absolute atomic E-state index is 8.72. The molecule has 92 valence electrons. The Labute approximate surface area is 108 Å². The molecule has 0 fully saturated rings. The molecule has 0 spiro atoms. The molecule has 0 amide bonds. The number of nitrogens with one attached hydrogen (secondary N) is 1. The van der Waals surface area contributed by atoms with Crippen LogP contribution in [0.2, 0.25) is 5.02 Å². The quantitative estimate of drug-likeness (QED) is 0.790. The fraction of sp³-hybridized carbons (Fsp3) is 0.462. The molecule has 1 aromatic rings. The highest BCUT2D eigenvalue weighted by atomic mass is 35.5. The smallest absolute Gasteiger partial charge is 0.0992 e. The lowest BCUT2D eigenvalue weighted by Gasteiger charge is -2.11. The first-order chi connectivity index (χ1) is 8.13. The molecule has 1 N–H and O–H groups in total. The molecule has 0 saturated carbocycles. The summed E-state index contributed by atoms with van der Waals surface area (Å²) in [5.74, 6) is 0. The molecule has 17 heavy (non-hydrogen) atoms. The molecule has 0 atom stereocenters. The van der Waals surface area contributed by atoms with Crippen LogP contribution < -0.4 is 5.32 Å². The maximum Gasteiger partial charge on any atom is 0.0992 e. The monoisotopic (exact) mass is 251 g/mol. The lowest BCUT2D eigenvalue weighted by Crippen LogP contribution is -2.14. The van der Waals surface area contributed by atoms with E-state index in [-0.39, 0.29) is 0 Å². The first-order valence-electron chi connectivity index (χ1n) is 5.71. The Morgan fingerprint density at radius 1 is 1.35 bits per heavy atom. The van der Waals surface area contributed by atoms with Gasteiger partial charge in [-0.15, -0.1) is 0 Å². The zero-order valence-corrected chi connectivity index (χ0v) is 11.1. The minimum atomic E-state index is 0.591. The Balaban J connectivity index is 2.35. The predicted molar refractivity (Wildman–Crippen MR) is 72.4 cm³/mol. The van der Waals surface area contributed by atoms with Crippen molar-refractivity contribution in [3.8, 4) is 6.07 Å². The summed E-state index contributed by atoms with van der Waals surface area (Å²) in [6, 6.07) is 7.38. The van der Waals surface area contributed by atoms with Crippen molar-refractivity contribution in [1.82, 2.24) is 4.90 Å². The average molecular weight is 252 g/mol. The summed E-state index contributed by atoms with van der Waals surface area (Å²) in [7, 11) is 4.15. The molecule has 0 unspecified atom stereocenters. The van der Waals surface area contributed by atoms with Gasteiger partial charge in [0.1, 0.15) is 0 Å². The number of nitrogens with zero attached hydrogens (tertiary/aromatic N) is 2. The van der Waals surface area contributed by atoms with Crippen molar-refractivity contribution in [2.24, 2.45) is 0 Å². The first-order valence-corrected chi connectivity index (χ1v) is 6.09.